The van der Waals surface area contributed by atoms with E-state index in [0.717, 1.165) is 0 Å². The van der Waals surface area contributed by atoms with Crippen molar-refractivity contribution in [3.8, 4) is 17.1 Å². The van der Waals surface area contributed by atoms with Crippen molar-refractivity contribution in [1.82, 2.24) is 4.57 Å². The molecule has 10 heteroatoms. The Morgan fingerprint density at radius 1 is 1.00 bits per heavy atom. The molecule has 0 bridgehead atoms. The van der Waals surface area contributed by atoms with Crippen molar-refractivity contribution < 1.29 is 28.6 Å². The van der Waals surface area contributed by atoms with Gasteiger partial charge in [-0.2, -0.15) is 0 Å². The van der Waals surface area contributed by atoms with Crippen molar-refractivity contribution in [2.75, 3.05) is 13.7 Å². The number of thiazole rings is 1. The van der Waals surface area contributed by atoms with E-state index in [0.29, 0.717) is 49.0 Å². The first-order chi connectivity index (χ1) is 21.4. The lowest BCUT2D eigenvalue weighted by Crippen LogP contribution is -2.40. The molecule has 0 saturated carbocycles. The van der Waals surface area contributed by atoms with E-state index < -0.39 is 18.0 Å². The molecule has 5 aromatic rings. The van der Waals surface area contributed by atoms with E-state index in [9.17, 15) is 19.5 Å². The van der Waals surface area contributed by atoms with E-state index >= 15 is 0 Å². The van der Waals surface area contributed by atoms with Gasteiger partial charge in [0.1, 0.15) is 17.3 Å². The second-order valence-corrected chi connectivity index (χ2v) is 10.8. The summed E-state index contributed by atoms with van der Waals surface area (Å²) >= 11 is 1.18. The number of nitrogens with zero attached hydrogens (tertiary/aromatic N) is 2. The maximum atomic E-state index is 14.1. The first-order valence-corrected chi connectivity index (χ1v) is 14.6. The van der Waals surface area contributed by atoms with Crippen molar-refractivity contribution in [3.05, 3.63) is 139 Å². The molecular formula is C34H26N2O7S. The van der Waals surface area contributed by atoms with Crippen molar-refractivity contribution >= 4 is 35.0 Å². The van der Waals surface area contributed by atoms with Gasteiger partial charge in [0, 0.05) is 17.2 Å². The van der Waals surface area contributed by atoms with Gasteiger partial charge in [0.2, 0.25) is 0 Å². The third-order valence-electron chi connectivity index (χ3n) is 7.08. The highest BCUT2D eigenvalue weighted by molar-refractivity contribution is 7.07. The number of fused-ring (bicyclic) bond motifs is 1. The number of rotatable bonds is 8. The Morgan fingerprint density at radius 2 is 1.77 bits per heavy atom. The zero-order valence-corrected chi connectivity index (χ0v) is 24.5. The van der Waals surface area contributed by atoms with Crippen LogP contribution in [0.5, 0.6) is 5.75 Å². The van der Waals surface area contributed by atoms with Crippen LogP contribution < -0.4 is 19.6 Å². The highest BCUT2D eigenvalue weighted by Crippen LogP contribution is 2.36. The molecule has 0 amide bonds. The number of carboxylic acid groups (broad SMARTS) is 1. The molecule has 1 aliphatic heterocycles. The molecule has 1 N–H and O–H groups in total. The van der Waals surface area contributed by atoms with Crippen molar-refractivity contribution in [2.24, 2.45) is 4.99 Å². The number of methoxy groups -OCH3 is 1. The molecular weight excluding hydrogens is 580 g/mol. The third-order valence-corrected chi connectivity index (χ3v) is 8.06. The number of carboxylic acids is 1. The molecule has 9 nitrogen and oxygen atoms in total. The molecule has 0 fully saturated rings. The predicted octanol–water partition coefficient (Wildman–Crippen LogP) is 4.90. The first kappa shape index (κ1) is 28.6. The van der Waals surface area contributed by atoms with Crippen LogP contribution in [0, 0.1) is 0 Å². The van der Waals surface area contributed by atoms with Crippen molar-refractivity contribution in [2.45, 2.75) is 13.0 Å². The van der Waals surface area contributed by atoms with Gasteiger partial charge in [0.05, 0.1) is 41.1 Å². The Balaban J connectivity index is 1.55. The van der Waals surface area contributed by atoms with Crippen molar-refractivity contribution in [3.63, 3.8) is 0 Å². The molecule has 0 spiro atoms. The van der Waals surface area contributed by atoms with E-state index in [-0.39, 0.29) is 23.3 Å². The molecule has 2 aromatic heterocycles. The summed E-state index contributed by atoms with van der Waals surface area (Å²) in [6.07, 6.45) is 1.62. The zero-order chi connectivity index (χ0) is 30.8. The fourth-order valence-electron chi connectivity index (χ4n) is 5.09. The lowest BCUT2D eigenvalue weighted by atomic mass is 9.93. The minimum atomic E-state index is -1.04. The van der Waals surface area contributed by atoms with Crippen LogP contribution in [0.3, 0.4) is 0 Å². The molecule has 0 radical (unpaired) electrons. The fourth-order valence-corrected chi connectivity index (χ4v) is 6.07. The van der Waals surface area contributed by atoms with Gasteiger partial charge < -0.3 is 19.0 Å². The molecule has 0 aliphatic carbocycles. The van der Waals surface area contributed by atoms with Crippen LogP contribution in [0.4, 0.5) is 0 Å². The topological polar surface area (TPSA) is 120 Å². The summed E-state index contributed by atoms with van der Waals surface area (Å²) in [6.45, 7) is 1.88. The van der Waals surface area contributed by atoms with Gasteiger partial charge in [-0.25, -0.2) is 14.6 Å². The molecule has 1 aliphatic rings. The standard InChI is InChI=1S/C34H26N2O7S/c1-3-42-33(40)28-29(20-9-5-4-6-10-20)35-34-36(30(28)22-12-8-14-24(18-22)41-2)31(37)27(44-34)19-25-15-16-26(43-25)21-11-7-13-23(17-21)32(38)39/h4-19,30H,3H2,1-2H3,(H,38,39)/b27-19-/t30-/m0/s1. The lowest BCUT2D eigenvalue weighted by molar-refractivity contribution is -0.138. The van der Waals surface area contributed by atoms with Gasteiger partial charge >= 0.3 is 11.9 Å². The van der Waals surface area contributed by atoms with Crippen LogP contribution in [0.1, 0.15) is 40.2 Å². The van der Waals surface area contributed by atoms with Gasteiger partial charge in [0.15, 0.2) is 4.80 Å². The minimum absolute atomic E-state index is 0.137. The Morgan fingerprint density at radius 3 is 2.52 bits per heavy atom. The summed E-state index contributed by atoms with van der Waals surface area (Å²) in [4.78, 5) is 44.4. The second-order valence-electron chi connectivity index (χ2n) is 9.80. The Hall–Kier alpha value is -5.48. The smallest absolute Gasteiger partial charge is 0.338 e. The first-order valence-electron chi connectivity index (χ1n) is 13.7. The number of carbonyl (C=O) groups excluding carboxylic acids is 1. The SMILES string of the molecule is CCOC(=O)C1=C(c2ccccc2)N=c2s/c(=C\c3ccc(-c4cccc(C(=O)O)c4)o3)c(=O)n2[C@H]1c1cccc(OC)c1. The van der Waals surface area contributed by atoms with Crippen LogP contribution in [-0.4, -0.2) is 35.3 Å². The monoisotopic (exact) mass is 606 g/mol. The van der Waals surface area contributed by atoms with Crippen LogP contribution in [0.2, 0.25) is 0 Å². The van der Waals surface area contributed by atoms with Gasteiger partial charge in [-0.05, 0) is 48.9 Å². The maximum Gasteiger partial charge on any atom is 0.338 e. The number of ether oxygens (including phenoxy) is 2. The second kappa shape index (κ2) is 12.0. The summed E-state index contributed by atoms with van der Waals surface area (Å²) in [5, 5.41) is 9.35. The van der Waals surface area contributed by atoms with Crippen LogP contribution in [0.25, 0.3) is 23.1 Å². The highest BCUT2D eigenvalue weighted by Gasteiger charge is 2.35. The summed E-state index contributed by atoms with van der Waals surface area (Å²) in [6, 6.07) is 25.5. The minimum Gasteiger partial charge on any atom is -0.497 e. The maximum absolute atomic E-state index is 14.1. The molecule has 0 saturated heterocycles. The number of furan rings is 1. The van der Waals surface area contributed by atoms with Crippen LogP contribution in [-0.2, 0) is 9.53 Å². The number of aromatic carboxylic acids is 1. The number of hydrogen-bond acceptors (Lipinski definition) is 8. The van der Waals surface area contributed by atoms with E-state index in [2.05, 4.69) is 0 Å². The van der Waals surface area contributed by atoms with E-state index in [1.54, 1.807) is 62.6 Å². The number of hydrogen-bond donors (Lipinski definition) is 1. The molecule has 1 atom stereocenters. The molecule has 44 heavy (non-hydrogen) atoms. The Labute approximate surface area is 255 Å². The lowest BCUT2D eigenvalue weighted by Gasteiger charge is -2.26. The quantitative estimate of drug-likeness (QED) is 0.250. The zero-order valence-electron chi connectivity index (χ0n) is 23.7. The fraction of sp³-hybridized carbons (Fsp3) is 0.118. The molecule has 3 heterocycles. The Kier molecular flexibility index (Phi) is 7.82. The summed E-state index contributed by atoms with van der Waals surface area (Å²) in [5.74, 6) is -0.186. The highest BCUT2D eigenvalue weighted by atomic mass is 32.1. The van der Waals surface area contributed by atoms with Crippen LogP contribution >= 0.6 is 11.3 Å². The molecule has 0 unspecified atom stereocenters. The third kappa shape index (κ3) is 5.38. The average molecular weight is 607 g/mol. The van der Waals surface area contributed by atoms with Crippen molar-refractivity contribution in [1.29, 1.82) is 0 Å². The Bertz CT molecular complexity index is 2100. The predicted molar refractivity (Wildman–Crippen MR) is 165 cm³/mol. The molecule has 6 rings (SSSR count). The molecule has 220 valence electrons. The largest absolute Gasteiger partial charge is 0.497 e. The van der Waals surface area contributed by atoms with Gasteiger partial charge in [-0.1, -0.05) is 65.9 Å². The average Bonchev–Trinajstić information content (AvgIpc) is 3.64. The normalized spacial score (nSPS) is 14.6. The number of carbonyl (C=O) groups is 2. The van der Waals surface area contributed by atoms with Gasteiger partial charge in [0.25, 0.3) is 5.56 Å². The van der Waals surface area contributed by atoms with Gasteiger partial charge in [-0.3, -0.25) is 9.36 Å². The van der Waals surface area contributed by atoms with Gasteiger partial charge in [-0.15, -0.1) is 0 Å². The summed E-state index contributed by atoms with van der Waals surface area (Å²) in [5.41, 5.74) is 2.39. The number of esters is 1. The van der Waals surface area contributed by atoms with E-state index in [1.807, 2.05) is 36.4 Å². The molecule has 3 aromatic carbocycles. The summed E-state index contributed by atoms with van der Waals surface area (Å²) < 4.78 is 18.8. The summed E-state index contributed by atoms with van der Waals surface area (Å²) in [7, 11) is 1.55. The number of benzene rings is 3. The van der Waals surface area contributed by atoms with E-state index in [1.165, 1.54) is 28.0 Å². The number of aromatic nitrogens is 1. The van der Waals surface area contributed by atoms with Crippen LogP contribution in [0.15, 0.2) is 111 Å². The van der Waals surface area contributed by atoms with E-state index in [4.69, 9.17) is 18.9 Å².